The quantitative estimate of drug-likeness (QED) is 0.609. The van der Waals surface area contributed by atoms with Crippen LogP contribution in [0.15, 0.2) is 6.20 Å². The molecule has 68 valence electrons. The minimum Gasteiger partial charge on any atom is -0.394 e. The van der Waals surface area contributed by atoms with Crippen molar-refractivity contribution in [2.24, 2.45) is 5.73 Å². The lowest BCUT2D eigenvalue weighted by Gasteiger charge is -2.02. The van der Waals surface area contributed by atoms with E-state index in [1.807, 2.05) is 0 Å². The Hall–Kier alpha value is -0.870. The van der Waals surface area contributed by atoms with Crippen LogP contribution in [0.2, 0.25) is 0 Å². The molecular formula is C8H15N3O. The van der Waals surface area contributed by atoms with E-state index in [-0.39, 0.29) is 12.6 Å². The van der Waals surface area contributed by atoms with Gasteiger partial charge in [0, 0.05) is 11.9 Å². The zero-order valence-electron chi connectivity index (χ0n) is 7.25. The summed E-state index contributed by atoms with van der Waals surface area (Å²) in [6.07, 6.45) is 3.83. The van der Waals surface area contributed by atoms with E-state index in [0.29, 0.717) is 5.82 Å². The summed E-state index contributed by atoms with van der Waals surface area (Å²) in [5.41, 5.74) is 6.64. The van der Waals surface area contributed by atoms with Gasteiger partial charge in [0.05, 0.1) is 12.6 Å². The van der Waals surface area contributed by atoms with E-state index in [9.17, 15) is 0 Å². The second-order valence-corrected chi connectivity index (χ2v) is 2.83. The molecule has 0 saturated carbocycles. The fourth-order valence-corrected chi connectivity index (χ4v) is 1.05. The first-order chi connectivity index (χ1) is 5.77. The maximum Gasteiger partial charge on any atom is 0.125 e. The topological polar surface area (TPSA) is 74.9 Å². The average molecular weight is 169 g/mol. The molecule has 4 heteroatoms. The van der Waals surface area contributed by atoms with Crippen LogP contribution < -0.4 is 5.73 Å². The number of H-pyrrole nitrogens is 1. The molecule has 0 spiro atoms. The molecule has 0 fully saturated rings. The highest BCUT2D eigenvalue weighted by molar-refractivity contribution is 5.04. The molecule has 4 N–H and O–H groups in total. The Kier molecular flexibility index (Phi) is 3.25. The van der Waals surface area contributed by atoms with E-state index >= 15 is 0 Å². The third-order valence-corrected chi connectivity index (χ3v) is 1.72. The van der Waals surface area contributed by atoms with Gasteiger partial charge in [0.2, 0.25) is 0 Å². The van der Waals surface area contributed by atoms with Gasteiger partial charge in [-0.2, -0.15) is 0 Å². The van der Waals surface area contributed by atoms with Gasteiger partial charge in [-0.25, -0.2) is 4.98 Å². The molecule has 1 atom stereocenters. The van der Waals surface area contributed by atoms with Crippen molar-refractivity contribution >= 4 is 0 Å². The van der Waals surface area contributed by atoms with Crippen molar-refractivity contribution in [2.45, 2.75) is 25.8 Å². The fraction of sp³-hybridized carbons (Fsp3) is 0.625. The van der Waals surface area contributed by atoms with Crippen LogP contribution in [0.4, 0.5) is 0 Å². The minimum absolute atomic E-state index is 0.0704. The summed E-state index contributed by atoms with van der Waals surface area (Å²) >= 11 is 0. The first-order valence-electron chi connectivity index (χ1n) is 4.18. The van der Waals surface area contributed by atoms with Crippen LogP contribution in [0, 0.1) is 0 Å². The van der Waals surface area contributed by atoms with Gasteiger partial charge < -0.3 is 15.8 Å². The van der Waals surface area contributed by atoms with Crippen LogP contribution in [0.1, 0.15) is 30.9 Å². The Bertz CT molecular complexity index is 234. The Morgan fingerprint density at radius 2 is 2.50 bits per heavy atom. The van der Waals surface area contributed by atoms with E-state index in [4.69, 9.17) is 10.8 Å². The first kappa shape index (κ1) is 9.22. The third kappa shape index (κ3) is 2.06. The summed E-state index contributed by atoms with van der Waals surface area (Å²) in [5.74, 6) is 0.668. The largest absolute Gasteiger partial charge is 0.394 e. The van der Waals surface area contributed by atoms with Crippen molar-refractivity contribution in [1.82, 2.24) is 9.97 Å². The monoisotopic (exact) mass is 169 g/mol. The van der Waals surface area contributed by atoms with Crippen molar-refractivity contribution in [3.63, 3.8) is 0 Å². The van der Waals surface area contributed by atoms with E-state index in [1.54, 1.807) is 6.20 Å². The van der Waals surface area contributed by atoms with Crippen molar-refractivity contribution in [2.75, 3.05) is 6.61 Å². The highest BCUT2D eigenvalue weighted by atomic mass is 16.3. The average Bonchev–Trinajstić information content (AvgIpc) is 2.52. The van der Waals surface area contributed by atoms with E-state index in [1.165, 1.54) is 0 Å². The van der Waals surface area contributed by atoms with Gasteiger partial charge >= 0.3 is 0 Å². The number of hydrogen-bond donors (Lipinski definition) is 3. The van der Waals surface area contributed by atoms with Gasteiger partial charge in [-0.1, -0.05) is 13.3 Å². The Balaban J connectivity index is 2.63. The van der Waals surface area contributed by atoms with Crippen molar-refractivity contribution in [1.29, 1.82) is 0 Å². The van der Waals surface area contributed by atoms with Crippen molar-refractivity contribution in [3.05, 3.63) is 17.7 Å². The molecule has 0 aliphatic heterocycles. The summed E-state index contributed by atoms with van der Waals surface area (Å²) in [4.78, 5) is 7.13. The number of nitrogens with two attached hydrogens (primary N) is 1. The number of aliphatic hydroxyl groups is 1. The van der Waals surface area contributed by atoms with E-state index in [2.05, 4.69) is 16.9 Å². The number of nitrogens with zero attached hydrogens (tertiary/aromatic N) is 1. The van der Waals surface area contributed by atoms with E-state index < -0.39 is 0 Å². The maximum atomic E-state index is 8.74. The molecule has 1 aromatic rings. The predicted octanol–water partition coefficient (Wildman–Crippen LogP) is 0.354. The lowest BCUT2D eigenvalue weighted by atomic mass is 10.3. The zero-order valence-corrected chi connectivity index (χ0v) is 7.25. The summed E-state index contributed by atoms with van der Waals surface area (Å²) in [5, 5.41) is 8.74. The number of aliphatic hydroxyl groups excluding tert-OH is 1. The van der Waals surface area contributed by atoms with Gasteiger partial charge in [0.1, 0.15) is 5.82 Å². The number of aromatic amines is 1. The molecule has 0 saturated heterocycles. The van der Waals surface area contributed by atoms with E-state index in [0.717, 1.165) is 18.5 Å². The predicted molar refractivity (Wildman–Crippen MR) is 46.6 cm³/mol. The number of aryl methyl sites for hydroxylation is 1. The van der Waals surface area contributed by atoms with Crippen LogP contribution in [0.3, 0.4) is 0 Å². The maximum absolute atomic E-state index is 8.74. The fourth-order valence-electron chi connectivity index (χ4n) is 1.05. The van der Waals surface area contributed by atoms with Gasteiger partial charge in [-0.15, -0.1) is 0 Å². The second kappa shape index (κ2) is 4.23. The number of rotatable bonds is 4. The Labute approximate surface area is 71.8 Å². The summed E-state index contributed by atoms with van der Waals surface area (Å²) in [6, 6.07) is -0.379. The number of hydrogen-bond acceptors (Lipinski definition) is 3. The summed E-state index contributed by atoms with van der Waals surface area (Å²) < 4.78 is 0. The van der Waals surface area contributed by atoms with Gasteiger partial charge in [0.15, 0.2) is 0 Å². The molecule has 0 aromatic carbocycles. The summed E-state index contributed by atoms with van der Waals surface area (Å²) in [7, 11) is 0. The van der Waals surface area contributed by atoms with Crippen LogP contribution in [0.25, 0.3) is 0 Å². The Morgan fingerprint density at radius 1 is 1.75 bits per heavy atom. The van der Waals surface area contributed by atoms with Gasteiger partial charge in [-0.3, -0.25) is 0 Å². The first-order valence-corrected chi connectivity index (χ1v) is 4.18. The van der Waals surface area contributed by atoms with Gasteiger partial charge in [0.25, 0.3) is 0 Å². The standard InChI is InChI=1S/C8H15N3O/c1-2-3-6-4-10-8(11-6)7(9)5-12/h4,7,12H,2-3,5,9H2,1H3,(H,10,11). The van der Waals surface area contributed by atoms with Crippen LogP contribution in [-0.2, 0) is 6.42 Å². The molecule has 0 aliphatic rings. The molecule has 4 nitrogen and oxygen atoms in total. The smallest absolute Gasteiger partial charge is 0.125 e. The second-order valence-electron chi connectivity index (χ2n) is 2.83. The highest BCUT2D eigenvalue weighted by Crippen LogP contribution is 2.06. The summed E-state index contributed by atoms with van der Waals surface area (Å²) in [6.45, 7) is 2.03. The Morgan fingerprint density at radius 3 is 3.08 bits per heavy atom. The molecule has 0 bridgehead atoms. The lowest BCUT2D eigenvalue weighted by molar-refractivity contribution is 0.264. The molecule has 1 aromatic heterocycles. The molecular weight excluding hydrogens is 154 g/mol. The molecule has 1 unspecified atom stereocenters. The van der Waals surface area contributed by atoms with Crippen LogP contribution in [0.5, 0.6) is 0 Å². The number of nitrogens with one attached hydrogen (secondary N) is 1. The lowest BCUT2D eigenvalue weighted by Crippen LogP contribution is -2.16. The minimum atomic E-state index is -0.379. The third-order valence-electron chi connectivity index (χ3n) is 1.72. The highest BCUT2D eigenvalue weighted by Gasteiger charge is 2.07. The molecule has 0 amide bonds. The van der Waals surface area contributed by atoms with Gasteiger partial charge in [-0.05, 0) is 6.42 Å². The molecule has 0 aliphatic carbocycles. The van der Waals surface area contributed by atoms with Crippen LogP contribution >= 0.6 is 0 Å². The molecule has 0 radical (unpaired) electrons. The molecule has 1 rings (SSSR count). The normalized spacial score (nSPS) is 13.2. The zero-order chi connectivity index (χ0) is 8.97. The molecule has 12 heavy (non-hydrogen) atoms. The molecule has 1 heterocycles. The number of aromatic nitrogens is 2. The number of imidazole rings is 1. The van der Waals surface area contributed by atoms with Crippen molar-refractivity contribution < 1.29 is 5.11 Å². The van der Waals surface area contributed by atoms with Crippen LogP contribution in [-0.4, -0.2) is 21.7 Å². The van der Waals surface area contributed by atoms with Crippen molar-refractivity contribution in [3.8, 4) is 0 Å². The SMILES string of the molecule is CCCc1cnc(C(N)CO)[nH]1.